The molecule has 5 rings (SSSR count). The molecule has 2 aliphatic heterocycles. The molecule has 3 aromatic rings. The van der Waals surface area contributed by atoms with Crippen LogP contribution in [0.25, 0.3) is 17.1 Å². The Morgan fingerprint density at radius 2 is 1.77 bits per heavy atom. The van der Waals surface area contributed by atoms with E-state index in [2.05, 4.69) is 19.9 Å². The van der Waals surface area contributed by atoms with Gasteiger partial charge in [-0.25, -0.2) is 27.2 Å². The van der Waals surface area contributed by atoms with Gasteiger partial charge in [-0.3, -0.25) is 0 Å². The van der Waals surface area contributed by atoms with Crippen LogP contribution in [0.4, 0.5) is 34.8 Å². The Labute approximate surface area is 234 Å². The van der Waals surface area contributed by atoms with Crippen molar-refractivity contribution in [2.75, 3.05) is 53.1 Å². The van der Waals surface area contributed by atoms with E-state index in [0.29, 0.717) is 48.9 Å². The normalized spacial score (nSPS) is 18.0. The Kier molecular flexibility index (Phi) is 8.69. The highest BCUT2D eigenvalue weighted by atomic mass is 32.2. The predicted molar refractivity (Wildman–Crippen MR) is 150 cm³/mol. The molecule has 2 aromatic heterocycles. The van der Waals surface area contributed by atoms with Crippen LogP contribution in [-0.2, 0) is 0 Å². The van der Waals surface area contributed by atoms with E-state index in [9.17, 15) is 17.6 Å². The van der Waals surface area contributed by atoms with E-state index >= 15 is 0 Å². The van der Waals surface area contributed by atoms with Crippen LogP contribution in [-0.4, -0.2) is 76.0 Å². The number of aromatic nitrogens is 4. The van der Waals surface area contributed by atoms with E-state index < -0.39 is 18.3 Å². The lowest BCUT2D eigenvalue weighted by atomic mass is 9.97. The quantitative estimate of drug-likeness (QED) is 0.198. The molecule has 0 radical (unpaired) electrons. The average molecular weight is 580 g/mol. The number of benzene rings is 1. The van der Waals surface area contributed by atoms with Gasteiger partial charge >= 0.3 is 0 Å². The molecule has 1 aromatic carbocycles. The molecule has 4 heterocycles. The Balaban J connectivity index is 1.42. The average Bonchev–Trinajstić information content (AvgIpc) is 3.43. The monoisotopic (exact) mass is 579 g/mol. The zero-order valence-corrected chi connectivity index (χ0v) is 23.1. The van der Waals surface area contributed by atoms with Gasteiger partial charge in [0.15, 0.2) is 0 Å². The molecule has 0 unspecified atom stereocenters. The number of hydrogen-bond acceptors (Lipinski definition) is 8. The van der Waals surface area contributed by atoms with E-state index in [1.165, 1.54) is 11.9 Å². The van der Waals surface area contributed by atoms with Crippen molar-refractivity contribution in [3.8, 4) is 17.1 Å². The minimum Gasteiger partial charge on any atom is -0.395 e. The summed E-state index contributed by atoms with van der Waals surface area (Å²) >= 11 is 1.38. The first-order valence-electron chi connectivity index (χ1n) is 13.4. The molecule has 40 heavy (non-hydrogen) atoms. The Hall–Kier alpha value is -3.06. The molecule has 0 saturated carbocycles. The summed E-state index contributed by atoms with van der Waals surface area (Å²) in [5, 5.41) is 17.8. The van der Waals surface area contributed by atoms with Gasteiger partial charge in [0, 0.05) is 56.4 Å². The van der Waals surface area contributed by atoms with Crippen LogP contribution in [0.5, 0.6) is 0 Å². The number of pyridine rings is 1. The minimum atomic E-state index is -2.64. The van der Waals surface area contributed by atoms with Gasteiger partial charge in [-0.2, -0.15) is 0 Å². The Morgan fingerprint density at radius 3 is 2.48 bits per heavy atom. The number of anilines is 3. The van der Waals surface area contributed by atoms with Gasteiger partial charge in [-0.15, -0.1) is 5.10 Å². The third-order valence-electron chi connectivity index (χ3n) is 7.37. The number of halogens is 4. The Bertz CT molecular complexity index is 1290. The number of rotatable bonds is 9. The fourth-order valence-corrected chi connectivity index (χ4v) is 5.60. The van der Waals surface area contributed by atoms with Crippen LogP contribution in [0.3, 0.4) is 0 Å². The second kappa shape index (κ2) is 12.2. The highest BCUT2D eigenvalue weighted by molar-refractivity contribution is 8.00. The smallest absolute Gasteiger partial charge is 0.251 e. The molecule has 0 amide bonds. The predicted octanol–water partition coefficient (Wildman–Crippen LogP) is 5.41. The van der Waals surface area contributed by atoms with Gasteiger partial charge in [0.1, 0.15) is 11.5 Å². The lowest BCUT2D eigenvalue weighted by molar-refractivity contribution is -0.0221. The summed E-state index contributed by atoms with van der Waals surface area (Å²) in [7, 11) is 0. The van der Waals surface area contributed by atoms with Crippen molar-refractivity contribution in [1.82, 2.24) is 20.0 Å². The molecule has 2 N–H and O–H groups in total. The third kappa shape index (κ3) is 6.63. The molecule has 216 valence electrons. The highest BCUT2D eigenvalue weighted by Gasteiger charge is 2.34. The summed E-state index contributed by atoms with van der Waals surface area (Å²) in [6, 6.07) is 9.53. The summed E-state index contributed by atoms with van der Waals surface area (Å²) in [4.78, 5) is 8.69. The fraction of sp³-hybridized carbons (Fsp3) is 0.519. The van der Waals surface area contributed by atoms with Crippen LogP contribution in [0, 0.1) is 12.8 Å². The van der Waals surface area contributed by atoms with Crippen LogP contribution in [0.15, 0.2) is 36.5 Å². The zero-order chi connectivity index (χ0) is 28.3. The van der Waals surface area contributed by atoms with Crippen molar-refractivity contribution >= 4 is 29.1 Å². The van der Waals surface area contributed by atoms with Crippen molar-refractivity contribution in [3.63, 3.8) is 0 Å². The molecule has 0 aliphatic carbocycles. The lowest BCUT2D eigenvalue weighted by Crippen LogP contribution is -2.39. The largest absolute Gasteiger partial charge is 0.395 e. The summed E-state index contributed by atoms with van der Waals surface area (Å²) in [6.45, 7) is 3.43. The SMILES string of the molecule is Cc1cc(-c2cn(-c3ccc(NSCCO)cc3N3CCC(C(F)F)CC3)nn2)nc(N2CCC(F)(F)CC2)c1. The maximum Gasteiger partial charge on any atom is 0.251 e. The second-order valence-electron chi connectivity index (χ2n) is 10.3. The maximum atomic E-state index is 13.7. The number of aliphatic hydroxyl groups excluding tert-OH is 1. The number of aliphatic hydroxyl groups is 1. The van der Waals surface area contributed by atoms with E-state index in [1.54, 1.807) is 10.9 Å². The second-order valence-corrected chi connectivity index (χ2v) is 11.2. The van der Waals surface area contributed by atoms with Gasteiger partial charge in [-0.1, -0.05) is 17.2 Å². The number of hydrogen-bond donors (Lipinski definition) is 2. The van der Waals surface area contributed by atoms with Crippen LogP contribution in [0.1, 0.15) is 31.2 Å². The first-order chi connectivity index (χ1) is 19.2. The third-order valence-corrected chi connectivity index (χ3v) is 8.14. The van der Waals surface area contributed by atoms with Gasteiger partial charge < -0.3 is 19.6 Å². The molecule has 0 atom stereocenters. The van der Waals surface area contributed by atoms with Crippen molar-refractivity contribution < 1.29 is 22.7 Å². The molecule has 13 heteroatoms. The molecule has 2 aliphatic rings. The summed E-state index contributed by atoms with van der Waals surface area (Å²) in [6.07, 6.45) is -0.155. The summed E-state index contributed by atoms with van der Waals surface area (Å²) in [5.74, 6) is -2.08. The van der Waals surface area contributed by atoms with E-state index in [-0.39, 0.29) is 32.5 Å². The highest BCUT2D eigenvalue weighted by Crippen LogP contribution is 2.35. The molecule has 8 nitrogen and oxygen atoms in total. The standard InChI is InChI=1S/C27H33F4N7OS/c1-18-14-21(32-25(15-18)37-10-6-27(30,31)7-11-37)22-17-38(35-33-22)23-3-2-20(34-40-13-12-39)16-24(23)36-8-4-19(5-9-36)26(28)29/h2-3,14-17,19,26,34,39H,4-13H2,1H3. The van der Waals surface area contributed by atoms with E-state index in [1.807, 2.05) is 42.2 Å². The van der Waals surface area contributed by atoms with Gasteiger partial charge in [-0.05, 0) is 55.7 Å². The van der Waals surface area contributed by atoms with Crippen LogP contribution < -0.4 is 14.5 Å². The first kappa shape index (κ1) is 28.5. The van der Waals surface area contributed by atoms with Gasteiger partial charge in [0.05, 0.1) is 29.9 Å². The number of nitrogens with one attached hydrogen (secondary N) is 1. The first-order valence-corrected chi connectivity index (χ1v) is 14.4. The maximum absolute atomic E-state index is 13.7. The molecular weight excluding hydrogens is 546 g/mol. The van der Waals surface area contributed by atoms with Gasteiger partial charge in [0.25, 0.3) is 5.92 Å². The topological polar surface area (TPSA) is 82.3 Å². The van der Waals surface area contributed by atoms with E-state index in [0.717, 1.165) is 22.6 Å². The minimum absolute atomic E-state index is 0.0461. The number of alkyl halides is 4. The van der Waals surface area contributed by atoms with Gasteiger partial charge in [0.2, 0.25) is 6.43 Å². The fourth-order valence-electron chi connectivity index (χ4n) is 5.11. The van der Waals surface area contributed by atoms with Crippen LogP contribution in [0.2, 0.25) is 0 Å². The van der Waals surface area contributed by atoms with Crippen molar-refractivity contribution in [3.05, 3.63) is 42.1 Å². The molecule has 2 fully saturated rings. The summed E-state index contributed by atoms with van der Waals surface area (Å²) < 4.78 is 58.8. The number of piperidine rings is 2. The molecule has 0 spiro atoms. The van der Waals surface area contributed by atoms with Crippen molar-refractivity contribution in [2.24, 2.45) is 5.92 Å². The molecule has 0 bridgehead atoms. The molecule has 2 saturated heterocycles. The molecular formula is C27H33F4N7OS. The number of aryl methyl sites for hydroxylation is 1. The van der Waals surface area contributed by atoms with Crippen molar-refractivity contribution in [1.29, 1.82) is 0 Å². The Morgan fingerprint density at radius 1 is 1.02 bits per heavy atom. The number of nitrogens with zero attached hydrogens (tertiary/aromatic N) is 6. The van der Waals surface area contributed by atoms with E-state index in [4.69, 9.17) is 10.1 Å². The lowest BCUT2D eigenvalue weighted by Gasteiger charge is -2.34. The van der Waals surface area contributed by atoms with Crippen molar-refractivity contribution in [2.45, 2.75) is 45.0 Å². The summed E-state index contributed by atoms with van der Waals surface area (Å²) in [5.41, 5.74) is 4.48. The zero-order valence-electron chi connectivity index (χ0n) is 22.2. The van der Waals surface area contributed by atoms with Crippen LogP contribution >= 0.6 is 11.9 Å².